The van der Waals surface area contributed by atoms with Gasteiger partial charge in [0.25, 0.3) is 0 Å². The number of amides is 1. The second-order valence-electron chi connectivity index (χ2n) is 6.30. The fourth-order valence-corrected chi connectivity index (χ4v) is 2.69. The number of benzene rings is 1. The molecule has 0 unspecified atom stereocenters. The van der Waals surface area contributed by atoms with E-state index in [0.717, 1.165) is 17.7 Å². The SMILES string of the molecule is CC(C)c1ccc(N(C=O)c2cccnc2NCc2ccncc2)cc1. The van der Waals surface area contributed by atoms with E-state index >= 15 is 0 Å². The lowest BCUT2D eigenvalue weighted by atomic mass is 10.0. The molecular weight excluding hydrogens is 324 g/mol. The first-order valence-electron chi connectivity index (χ1n) is 8.61. The molecule has 132 valence electrons. The summed E-state index contributed by atoms with van der Waals surface area (Å²) in [5.41, 5.74) is 3.86. The highest BCUT2D eigenvalue weighted by atomic mass is 16.1. The third-order valence-electron chi connectivity index (χ3n) is 4.20. The van der Waals surface area contributed by atoms with Gasteiger partial charge in [-0.2, -0.15) is 0 Å². The molecule has 3 rings (SSSR count). The number of nitrogens with zero attached hydrogens (tertiary/aromatic N) is 3. The lowest BCUT2D eigenvalue weighted by Gasteiger charge is -2.21. The summed E-state index contributed by atoms with van der Waals surface area (Å²) in [4.78, 5) is 21.8. The second-order valence-corrected chi connectivity index (χ2v) is 6.30. The van der Waals surface area contributed by atoms with E-state index in [1.54, 1.807) is 23.5 Å². The van der Waals surface area contributed by atoms with Crippen molar-refractivity contribution in [2.75, 3.05) is 10.2 Å². The largest absolute Gasteiger partial charge is 0.364 e. The zero-order valence-corrected chi connectivity index (χ0v) is 15.0. The Morgan fingerprint density at radius 2 is 1.77 bits per heavy atom. The zero-order valence-electron chi connectivity index (χ0n) is 15.0. The number of carbonyl (C=O) groups is 1. The Kier molecular flexibility index (Phi) is 5.59. The minimum absolute atomic E-state index is 0.449. The fraction of sp³-hybridized carbons (Fsp3) is 0.190. The minimum atomic E-state index is 0.449. The lowest BCUT2D eigenvalue weighted by molar-refractivity contribution is -0.106. The molecule has 0 bridgehead atoms. The van der Waals surface area contributed by atoms with Gasteiger partial charge in [-0.3, -0.25) is 14.7 Å². The first-order chi connectivity index (χ1) is 12.7. The van der Waals surface area contributed by atoms with Gasteiger partial charge in [0.15, 0.2) is 5.82 Å². The predicted molar refractivity (Wildman–Crippen MR) is 105 cm³/mol. The van der Waals surface area contributed by atoms with Crippen molar-refractivity contribution in [2.24, 2.45) is 0 Å². The van der Waals surface area contributed by atoms with Gasteiger partial charge < -0.3 is 5.32 Å². The van der Waals surface area contributed by atoms with Crippen molar-refractivity contribution in [1.29, 1.82) is 0 Å². The molecule has 0 aliphatic rings. The summed E-state index contributed by atoms with van der Waals surface area (Å²) in [5.74, 6) is 1.11. The van der Waals surface area contributed by atoms with Crippen LogP contribution in [0, 0.1) is 0 Å². The number of anilines is 3. The van der Waals surface area contributed by atoms with E-state index in [2.05, 4.69) is 41.3 Å². The van der Waals surface area contributed by atoms with Gasteiger partial charge in [-0.1, -0.05) is 26.0 Å². The first kappa shape index (κ1) is 17.6. The van der Waals surface area contributed by atoms with Crippen molar-refractivity contribution < 1.29 is 4.79 Å². The summed E-state index contributed by atoms with van der Waals surface area (Å²) in [6.07, 6.45) is 6.04. The molecule has 5 nitrogen and oxygen atoms in total. The molecule has 0 radical (unpaired) electrons. The molecule has 5 heteroatoms. The van der Waals surface area contributed by atoms with Crippen LogP contribution < -0.4 is 10.2 Å². The normalized spacial score (nSPS) is 10.6. The Balaban J connectivity index is 1.85. The molecule has 0 spiro atoms. The maximum absolute atomic E-state index is 11.8. The van der Waals surface area contributed by atoms with Crippen molar-refractivity contribution in [1.82, 2.24) is 9.97 Å². The zero-order chi connectivity index (χ0) is 18.4. The molecule has 3 aromatic rings. The van der Waals surface area contributed by atoms with Gasteiger partial charge in [0.2, 0.25) is 6.41 Å². The van der Waals surface area contributed by atoms with E-state index in [1.807, 2.05) is 36.4 Å². The van der Waals surface area contributed by atoms with Crippen LogP contribution in [0.2, 0.25) is 0 Å². The summed E-state index contributed by atoms with van der Waals surface area (Å²) < 4.78 is 0. The molecule has 0 atom stereocenters. The fourth-order valence-electron chi connectivity index (χ4n) is 2.69. The molecule has 0 aliphatic carbocycles. The summed E-state index contributed by atoms with van der Waals surface area (Å²) >= 11 is 0. The van der Waals surface area contributed by atoms with Crippen molar-refractivity contribution in [3.8, 4) is 0 Å². The maximum atomic E-state index is 11.8. The van der Waals surface area contributed by atoms with E-state index in [-0.39, 0.29) is 0 Å². The van der Waals surface area contributed by atoms with Gasteiger partial charge in [0, 0.05) is 30.8 Å². The standard InChI is InChI=1S/C21H22N4O/c1-16(2)18-5-7-19(8-6-18)25(15-26)20-4-3-11-23-21(20)24-14-17-9-12-22-13-10-17/h3-13,15-16H,14H2,1-2H3,(H,23,24). The lowest BCUT2D eigenvalue weighted by Crippen LogP contribution is -2.17. The van der Waals surface area contributed by atoms with E-state index in [9.17, 15) is 4.79 Å². The topological polar surface area (TPSA) is 58.1 Å². The van der Waals surface area contributed by atoms with Crippen molar-refractivity contribution in [3.63, 3.8) is 0 Å². The van der Waals surface area contributed by atoms with Gasteiger partial charge >= 0.3 is 0 Å². The van der Waals surface area contributed by atoms with Gasteiger partial charge in [-0.15, -0.1) is 0 Å². The number of nitrogens with one attached hydrogen (secondary N) is 1. The van der Waals surface area contributed by atoms with Crippen LogP contribution in [0.25, 0.3) is 0 Å². The number of hydrogen-bond acceptors (Lipinski definition) is 4. The van der Waals surface area contributed by atoms with Gasteiger partial charge in [0.1, 0.15) is 0 Å². The molecule has 1 aromatic carbocycles. The van der Waals surface area contributed by atoms with Crippen LogP contribution in [0.3, 0.4) is 0 Å². The van der Waals surface area contributed by atoms with Crippen LogP contribution in [0.4, 0.5) is 17.2 Å². The van der Waals surface area contributed by atoms with Crippen LogP contribution in [0.1, 0.15) is 30.9 Å². The summed E-state index contributed by atoms with van der Waals surface area (Å²) in [7, 11) is 0. The molecule has 26 heavy (non-hydrogen) atoms. The minimum Gasteiger partial charge on any atom is -0.364 e. The van der Waals surface area contributed by atoms with Crippen LogP contribution in [-0.2, 0) is 11.3 Å². The Morgan fingerprint density at radius 1 is 1.04 bits per heavy atom. The van der Waals surface area contributed by atoms with Gasteiger partial charge in [-0.25, -0.2) is 4.98 Å². The molecule has 0 fully saturated rings. The predicted octanol–water partition coefficient (Wildman–Crippen LogP) is 4.51. The van der Waals surface area contributed by atoms with E-state index in [1.165, 1.54) is 5.56 Å². The number of rotatable bonds is 7. The average Bonchev–Trinajstić information content (AvgIpc) is 2.69. The highest BCUT2D eigenvalue weighted by molar-refractivity contribution is 5.90. The van der Waals surface area contributed by atoms with Crippen LogP contribution >= 0.6 is 0 Å². The maximum Gasteiger partial charge on any atom is 0.218 e. The van der Waals surface area contributed by atoms with Crippen LogP contribution in [0.15, 0.2) is 67.1 Å². The third-order valence-corrected chi connectivity index (χ3v) is 4.20. The number of hydrogen-bond donors (Lipinski definition) is 1. The van der Waals surface area contributed by atoms with Crippen molar-refractivity contribution in [2.45, 2.75) is 26.3 Å². The highest BCUT2D eigenvalue weighted by Crippen LogP contribution is 2.30. The van der Waals surface area contributed by atoms with Crippen molar-refractivity contribution >= 4 is 23.6 Å². The highest BCUT2D eigenvalue weighted by Gasteiger charge is 2.14. The smallest absolute Gasteiger partial charge is 0.218 e. The van der Waals surface area contributed by atoms with Crippen LogP contribution in [0.5, 0.6) is 0 Å². The third kappa shape index (κ3) is 4.06. The Hall–Kier alpha value is -3.21. The molecule has 2 aromatic heterocycles. The van der Waals surface area contributed by atoms with Crippen LogP contribution in [-0.4, -0.2) is 16.4 Å². The molecule has 1 N–H and O–H groups in total. The Labute approximate surface area is 153 Å². The molecule has 0 aliphatic heterocycles. The second kappa shape index (κ2) is 8.25. The molecule has 0 saturated carbocycles. The van der Waals surface area contributed by atoms with E-state index in [4.69, 9.17) is 0 Å². The number of pyridine rings is 2. The van der Waals surface area contributed by atoms with Crippen molar-refractivity contribution in [3.05, 3.63) is 78.2 Å². The van der Waals surface area contributed by atoms with Gasteiger partial charge in [-0.05, 0) is 53.4 Å². The Bertz CT molecular complexity index is 847. The van der Waals surface area contributed by atoms with E-state index < -0.39 is 0 Å². The van der Waals surface area contributed by atoms with E-state index in [0.29, 0.717) is 24.0 Å². The first-order valence-corrected chi connectivity index (χ1v) is 8.61. The molecular formula is C21H22N4O. The number of aromatic nitrogens is 2. The summed E-state index contributed by atoms with van der Waals surface area (Å²) in [6.45, 7) is 4.90. The average molecular weight is 346 g/mol. The Morgan fingerprint density at radius 3 is 2.42 bits per heavy atom. The summed E-state index contributed by atoms with van der Waals surface area (Å²) in [5, 5.41) is 3.30. The molecule has 2 heterocycles. The van der Waals surface area contributed by atoms with Gasteiger partial charge in [0.05, 0.1) is 5.69 Å². The quantitative estimate of drug-likeness (QED) is 0.640. The molecule has 1 amide bonds. The summed E-state index contributed by atoms with van der Waals surface area (Å²) in [6, 6.07) is 15.6. The number of carbonyl (C=O) groups excluding carboxylic acids is 1. The molecule has 0 saturated heterocycles. The monoisotopic (exact) mass is 346 g/mol.